The number of benzene rings is 18. The van der Waals surface area contributed by atoms with Crippen LogP contribution in [0.25, 0.3) is 175 Å². The zero-order chi connectivity index (χ0) is 66.7. The molecule has 6 nitrogen and oxygen atoms in total. The van der Waals surface area contributed by atoms with Gasteiger partial charge in [0.05, 0.1) is 39.1 Å². The van der Waals surface area contributed by atoms with Gasteiger partial charge in [0.2, 0.25) is 0 Å². The Balaban J connectivity index is 0.686. The van der Waals surface area contributed by atoms with Crippen molar-refractivity contribution in [1.82, 2.24) is 9.13 Å². The molecule has 0 fully saturated rings. The first-order valence-electron chi connectivity index (χ1n) is 35.0. The minimum atomic E-state index is 0.860. The SMILES string of the molecule is c1ccc(-n2c3ccccc3c3c(N(c4ccc5oc6ccccc6c5c4)c4cc5ccc6c(-c7ccc(-n8c9ccccc9c9cc(N(c%10ccc%11oc%12ccccc%12c%11c%10)c%10cc%11ccc%12ccccc%12c%11c%11ccccc%10%11)ccc98)cc7)cccc6c5c5ccccc45)cccc32)cc1. The predicted octanol–water partition coefficient (Wildman–Crippen LogP) is 27.2. The van der Waals surface area contributed by atoms with Gasteiger partial charge in [-0.25, -0.2) is 0 Å². The van der Waals surface area contributed by atoms with Gasteiger partial charge in [0, 0.05) is 82.3 Å². The Morgan fingerprint density at radius 1 is 0.206 bits per heavy atom. The van der Waals surface area contributed by atoms with Gasteiger partial charge in [-0.15, -0.1) is 0 Å². The number of hydrogen-bond acceptors (Lipinski definition) is 4. The van der Waals surface area contributed by atoms with Crippen molar-refractivity contribution >= 4 is 186 Å². The van der Waals surface area contributed by atoms with Crippen molar-refractivity contribution in [1.29, 1.82) is 0 Å². The van der Waals surface area contributed by atoms with E-state index in [9.17, 15) is 0 Å². The highest BCUT2D eigenvalue weighted by Gasteiger charge is 2.27. The van der Waals surface area contributed by atoms with E-state index in [-0.39, 0.29) is 0 Å². The number of nitrogens with zero attached hydrogens (tertiary/aromatic N) is 4. The molecule has 0 N–H and O–H groups in total. The first-order valence-corrected chi connectivity index (χ1v) is 35.0. The van der Waals surface area contributed by atoms with Crippen molar-refractivity contribution in [2.24, 2.45) is 0 Å². The van der Waals surface area contributed by atoms with Crippen molar-refractivity contribution in [3.63, 3.8) is 0 Å². The van der Waals surface area contributed by atoms with Gasteiger partial charge in [-0.1, -0.05) is 224 Å². The van der Waals surface area contributed by atoms with E-state index in [1.807, 2.05) is 12.1 Å². The normalized spacial score (nSPS) is 12.1. The Bertz CT molecular complexity index is 7280. The molecule has 0 aliphatic carbocycles. The Morgan fingerprint density at radius 2 is 0.647 bits per heavy atom. The number of furan rings is 2. The molecule has 0 unspecified atom stereocenters. The molecule has 6 heteroatoms. The van der Waals surface area contributed by atoms with Crippen LogP contribution < -0.4 is 9.80 Å². The minimum Gasteiger partial charge on any atom is -0.456 e. The van der Waals surface area contributed by atoms with E-state index >= 15 is 0 Å². The summed E-state index contributed by atoms with van der Waals surface area (Å²) >= 11 is 0. The first kappa shape index (κ1) is 56.3. The summed E-state index contributed by atoms with van der Waals surface area (Å²) in [7, 11) is 0. The van der Waals surface area contributed by atoms with Gasteiger partial charge in [0.25, 0.3) is 0 Å². The van der Waals surface area contributed by atoms with Crippen LogP contribution in [0.2, 0.25) is 0 Å². The molecule has 22 rings (SSSR count). The third-order valence-corrected chi connectivity index (χ3v) is 21.6. The molecule has 18 aromatic carbocycles. The van der Waals surface area contributed by atoms with Crippen LogP contribution in [-0.4, -0.2) is 9.13 Å². The third-order valence-electron chi connectivity index (χ3n) is 21.6. The molecule has 22 aromatic rings. The van der Waals surface area contributed by atoms with E-state index in [2.05, 4.69) is 359 Å². The minimum absolute atomic E-state index is 0.860. The van der Waals surface area contributed by atoms with Crippen molar-refractivity contribution in [3.8, 4) is 22.5 Å². The van der Waals surface area contributed by atoms with Crippen LogP contribution in [0.4, 0.5) is 34.1 Å². The number of aromatic nitrogens is 2. The summed E-state index contributed by atoms with van der Waals surface area (Å²) < 4.78 is 17.8. The van der Waals surface area contributed by atoms with Gasteiger partial charge >= 0.3 is 0 Å². The second kappa shape index (κ2) is 21.9. The largest absolute Gasteiger partial charge is 0.456 e. The zero-order valence-electron chi connectivity index (χ0n) is 55.1. The lowest BCUT2D eigenvalue weighted by Gasteiger charge is -2.29. The third kappa shape index (κ3) is 8.35. The summed E-state index contributed by atoms with van der Waals surface area (Å²) in [6, 6.07) is 129. The van der Waals surface area contributed by atoms with Crippen LogP contribution in [0.1, 0.15) is 0 Å². The lowest BCUT2D eigenvalue weighted by Crippen LogP contribution is -2.11. The highest BCUT2D eigenvalue weighted by atomic mass is 16.3. The van der Waals surface area contributed by atoms with Crippen LogP contribution in [0.3, 0.4) is 0 Å². The quantitative estimate of drug-likeness (QED) is 0.135. The van der Waals surface area contributed by atoms with Crippen LogP contribution >= 0.6 is 0 Å². The zero-order valence-corrected chi connectivity index (χ0v) is 55.1. The fraction of sp³-hybridized carbons (Fsp3) is 0. The summed E-state index contributed by atoms with van der Waals surface area (Å²) in [6.45, 7) is 0. The predicted molar refractivity (Wildman–Crippen MR) is 430 cm³/mol. The van der Waals surface area contributed by atoms with E-state index in [0.717, 1.165) is 128 Å². The smallest absolute Gasteiger partial charge is 0.135 e. The topological polar surface area (TPSA) is 42.6 Å². The van der Waals surface area contributed by atoms with Gasteiger partial charge < -0.3 is 27.8 Å². The number of para-hydroxylation sites is 5. The van der Waals surface area contributed by atoms with E-state index in [4.69, 9.17) is 8.83 Å². The second-order valence-corrected chi connectivity index (χ2v) is 27.0. The maximum absolute atomic E-state index is 6.49. The average molecular weight is 1300 g/mol. The van der Waals surface area contributed by atoms with E-state index in [1.165, 1.54) is 81.0 Å². The molecule has 102 heavy (non-hydrogen) atoms. The Morgan fingerprint density at radius 3 is 1.33 bits per heavy atom. The molecule has 0 aliphatic heterocycles. The molecule has 4 aromatic heterocycles. The summed E-state index contributed by atoms with van der Waals surface area (Å²) in [4.78, 5) is 4.96. The molecule has 474 valence electrons. The van der Waals surface area contributed by atoms with Gasteiger partial charge in [-0.3, -0.25) is 0 Å². The summed E-state index contributed by atoms with van der Waals surface area (Å²) in [6.07, 6.45) is 0. The molecule has 0 amide bonds. The Labute approximate surface area is 584 Å². The number of fused-ring (bicyclic) bond motifs is 22. The summed E-state index contributed by atoms with van der Waals surface area (Å²) in [5, 5.41) is 23.5. The number of hydrogen-bond donors (Lipinski definition) is 0. The molecule has 4 heterocycles. The first-order chi connectivity index (χ1) is 50.6. The van der Waals surface area contributed by atoms with Crippen molar-refractivity contribution in [3.05, 3.63) is 352 Å². The highest BCUT2D eigenvalue weighted by Crippen LogP contribution is 2.51. The van der Waals surface area contributed by atoms with Gasteiger partial charge in [0.1, 0.15) is 22.3 Å². The molecule has 0 aliphatic rings. The lowest BCUT2D eigenvalue weighted by atomic mass is 9.91. The maximum atomic E-state index is 6.49. The Kier molecular flexibility index (Phi) is 12.1. The van der Waals surface area contributed by atoms with Crippen LogP contribution in [0, 0.1) is 0 Å². The molecule has 0 bridgehead atoms. The van der Waals surface area contributed by atoms with Crippen LogP contribution in [0.5, 0.6) is 0 Å². The molecule has 0 saturated carbocycles. The lowest BCUT2D eigenvalue weighted by molar-refractivity contribution is 0.668. The second-order valence-electron chi connectivity index (χ2n) is 27.0. The van der Waals surface area contributed by atoms with Crippen molar-refractivity contribution in [2.45, 2.75) is 0 Å². The summed E-state index contributed by atoms with van der Waals surface area (Å²) in [5.74, 6) is 0. The Hall–Kier alpha value is -13.7. The van der Waals surface area contributed by atoms with Gasteiger partial charge in [-0.05, 0) is 192 Å². The van der Waals surface area contributed by atoms with E-state index in [1.54, 1.807) is 0 Å². The highest BCUT2D eigenvalue weighted by molar-refractivity contribution is 6.28. The van der Waals surface area contributed by atoms with Crippen LogP contribution in [-0.2, 0) is 0 Å². The standard InChI is InChI=1S/C96H58N4O2/c1-2-21-63(22-3-1)99-84-35-15-11-31-79(84)96-86(99)36-19-37-87(96)100(67-49-53-93-82(58-67)75-28-13-17-39-91(75)102-93)89-55-62-44-50-70-68(32-18-33-76(70)95(62)78-30-9-7-25-72(78)89)60-42-45-64(46-43-60)98-83-34-14-10-26-73(83)80-56-65(47-51-85(80)98)97(66-48-52-92-81(57-66)74-27-12-16-38-90(74)101-92)88-54-61-41-40-59-20-4-5-23-69(59)94(61)77-29-8-6-24-71(77)88/h1-58H. The molecule has 0 atom stereocenters. The molecule has 0 spiro atoms. The fourth-order valence-corrected chi connectivity index (χ4v) is 17.2. The molecular weight excluding hydrogens is 1240 g/mol. The van der Waals surface area contributed by atoms with Gasteiger partial charge in [0.15, 0.2) is 0 Å². The molecule has 0 saturated heterocycles. The monoisotopic (exact) mass is 1300 g/mol. The number of rotatable bonds is 9. The molecular formula is C96H58N4O2. The van der Waals surface area contributed by atoms with E-state index in [0.29, 0.717) is 0 Å². The van der Waals surface area contributed by atoms with Crippen LogP contribution in [0.15, 0.2) is 361 Å². The van der Waals surface area contributed by atoms with Gasteiger partial charge in [-0.2, -0.15) is 0 Å². The van der Waals surface area contributed by atoms with Crippen molar-refractivity contribution < 1.29 is 8.83 Å². The van der Waals surface area contributed by atoms with Crippen molar-refractivity contribution in [2.75, 3.05) is 9.80 Å². The van der Waals surface area contributed by atoms with E-state index < -0.39 is 0 Å². The maximum Gasteiger partial charge on any atom is 0.135 e. The number of anilines is 6. The summed E-state index contributed by atoms with van der Waals surface area (Å²) in [5.41, 5.74) is 19.0. The molecule has 0 radical (unpaired) electrons. The average Bonchev–Trinajstić information content (AvgIpc) is 1.42. The fourth-order valence-electron chi connectivity index (χ4n) is 17.2.